The average Bonchev–Trinajstić information content (AvgIpc) is 2.28. The lowest BCUT2D eigenvalue weighted by molar-refractivity contribution is 0.840. The Morgan fingerprint density at radius 2 is 2.00 bits per heavy atom. The molecule has 2 heteroatoms. The van der Waals surface area contributed by atoms with Gasteiger partial charge in [-0.1, -0.05) is 18.6 Å². The van der Waals surface area contributed by atoms with Crippen LogP contribution >= 0.6 is 0 Å². The quantitative estimate of drug-likeness (QED) is 0.778. The molecule has 1 heterocycles. The summed E-state index contributed by atoms with van der Waals surface area (Å²) in [6, 6.07) is 10.6. The summed E-state index contributed by atoms with van der Waals surface area (Å²) < 4.78 is 0. The molecule has 84 valence electrons. The van der Waals surface area contributed by atoms with E-state index < -0.39 is 0 Å². The standard InChI is InChI=1S/C14H18N2/c1-4-9-16(3)14-8-6-12-10-11(2)5-7-13(12)15-14/h5-8,10H,4,9H2,1-3H3. The lowest BCUT2D eigenvalue weighted by Gasteiger charge is -2.17. The van der Waals surface area contributed by atoms with Gasteiger partial charge in [0.15, 0.2) is 0 Å². The van der Waals surface area contributed by atoms with E-state index >= 15 is 0 Å². The van der Waals surface area contributed by atoms with E-state index in [2.05, 4.69) is 61.1 Å². The highest BCUT2D eigenvalue weighted by Crippen LogP contribution is 2.18. The van der Waals surface area contributed by atoms with Gasteiger partial charge in [0.25, 0.3) is 0 Å². The van der Waals surface area contributed by atoms with Crippen LogP contribution in [0.25, 0.3) is 10.9 Å². The van der Waals surface area contributed by atoms with E-state index in [9.17, 15) is 0 Å². The van der Waals surface area contributed by atoms with Crippen LogP contribution in [0.1, 0.15) is 18.9 Å². The van der Waals surface area contributed by atoms with Crippen molar-refractivity contribution in [1.82, 2.24) is 4.98 Å². The Labute approximate surface area is 96.9 Å². The summed E-state index contributed by atoms with van der Waals surface area (Å²) in [7, 11) is 2.09. The zero-order chi connectivity index (χ0) is 11.5. The molecule has 16 heavy (non-hydrogen) atoms. The first kappa shape index (κ1) is 10.9. The normalized spacial score (nSPS) is 10.7. The van der Waals surface area contributed by atoms with Crippen molar-refractivity contribution < 1.29 is 0 Å². The van der Waals surface area contributed by atoms with Gasteiger partial charge in [0.2, 0.25) is 0 Å². The van der Waals surface area contributed by atoms with Gasteiger partial charge in [0.05, 0.1) is 5.52 Å². The van der Waals surface area contributed by atoms with Gasteiger partial charge in [-0.15, -0.1) is 0 Å². The van der Waals surface area contributed by atoms with Crippen LogP contribution in [0.3, 0.4) is 0 Å². The maximum atomic E-state index is 4.66. The van der Waals surface area contributed by atoms with E-state index in [1.807, 2.05) is 0 Å². The fourth-order valence-electron chi connectivity index (χ4n) is 1.90. The summed E-state index contributed by atoms with van der Waals surface area (Å²) in [5.41, 5.74) is 2.36. The average molecular weight is 214 g/mol. The van der Waals surface area contributed by atoms with Crippen molar-refractivity contribution in [3.63, 3.8) is 0 Å². The van der Waals surface area contributed by atoms with Gasteiger partial charge < -0.3 is 4.90 Å². The molecule has 0 amide bonds. The molecule has 0 aliphatic rings. The second-order valence-electron chi connectivity index (χ2n) is 4.29. The van der Waals surface area contributed by atoms with Crippen LogP contribution in [0.5, 0.6) is 0 Å². The molecule has 0 N–H and O–H groups in total. The minimum absolute atomic E-state index is 1.05. The molecule has 0 aliphatic carbocycles. The third kappa shape index (κ3) is 2.16. The van der Waals surface area contributed by atoms with Gasteiger partial charge in [-0.3, -0.25) is 0 Å². The second-order valence-corrected chi connectivity index (χ2v) is 4.29. The topological polar surface area (TPSA) is 16.1 Å². The van der Waals surface area contributed by atoms with Crippen LogP contribution in [-0.2, 0) is 0 Å². The molecular formula is C14H18N2. The smallest absolute Gasteiger partial charge is 0.128 e. The molecule has 0 fully saturated rings. The molecule has 2 nitrogen and oxygen atoms in total. The van der Waals surface area contributed by atoms with Crippen LogP contribution in [0.15, 0.2) is 30.3 Å². The number of pyridine rings is 1. The monoisotopic (exact) mass is 214 g/mol. The van der Waals surface area contributed by atoms with Crippen molar-refractivity contribution in [3.8, 4) is 0 Å². The van der Waals surface area contributed by atoms with Crippen molar-refractivity contribution in [2.45, 2.75) is 20.3 Å². The number of benzene rings is 1. The predicted molar refractivity (Wildman–Crippen MR) is 70.0 cm³/mol. The van der Waals surface area contributed by atoms with E-state index in [0.29, 0.717) is 0 Å². The van der Waals surface area contributed by atoms with Crippen LogP contribution in [0, 0.1) is 6.92 Å². The van der Waals surface area contributed by atoms with Crippen molar-refractivity contribution in [2.75, 3.05) is 18.5 Å². The molecule has 2 rings (SSSR count). The predicted octanol–water partition coefficient (Wildman–Crippen LogP) is 3.39. The number of rotatable bonds is 3. The molecule has 2 aromatic rings. The van der Waals surface area contributed by atoms with Gasteiger partial charge in [0, 0.05) is 19.0 Å². The van der Waals surface area contributed by atoms with Crippen LogP contribution < -0.4 is 4.90 Å². The number of hydrogen-bond acceptors (Lipinski definition) is 2. The van der Waals surface area contributed by atoms with E-state index in [0.717, 1.165) is 24.3 Å². The first-order chi connectivity index (χ1) is 7.70. The summed E-state index contributed by atoms with van der Waals surface area (Å²) in [4.78, 5) is 6.85. The van der Waals surface area contributed by atoms with Crippen molar-refractivity contribution in [1.29, 1.82) is 0 Å². The molecule has 1 aromatic heterocycles. The number of aryl methyl sites for hydroxylation is 1. The van der Waals surface area contributed by atoms with E-state index in [1.165, 1.54) is 10.9 Å². The van der Waals surface area contributed by atoms with Gasteiger partial charge in [-0.2, -0.15) is 0 Å². The fourth-order valence-corrected chi connectivity index (χ4v) is 1.90. The minimum Gasteiger partial charge on any atom is -0.360 e. The molecule has 0 aliphatic heterocycles. The number of nitrogens with zero attached hydrogens (tertiary/aromatic N) is 2. The zero-order valence-electron chi connectivity index (χ0n) is 10.2. The lowest BCUT2D eigenvalue weighted by Crippen LogP contribution is -2.18. The fraction of sp³-hybridized carbons (Fsp3) is 0.357. The third-order valence-electron chi connectivity index (χ3n) is 2.78. The maximum Gasteiger partial charge on any atom is 0.128 e. The molecule has 0 bridgehead atoms. The lowest BCUT2D eigenvalue weighted by atomic mass is 10.1. The molecule has 0 unspecified atom stereocenters. The van der Waals surface area contributed by atoms with Crippen molar-refractivity contribution in [2.24, 2.45) is 0 Å². The molecule has 0 radical (unpaired) electrons. The number of aromatic nitrogens is 1. The minimum atomic E-state index is 1.05. The van der Waals surface area contributed by atoms with Crippen molar-refractivity contribution >= 4 is 16.7 Å². The SMILES string of the molecule is CCCN(C)c1ccc2cc(C)ccc2n1. The van der Waals surface area contributed by atoms with Crippen LogP contribution in [0.4, 0.5) is 5.82 Å². The Hall–Kier alpha value is -1.57. The molecule has 1 aromatic carbocycles. The van der Waals surface area contributed by atoms with E-state index in [-0.39, 0.29) is 0 Å². The zero-order valence-corrected chi connectivity index (χ0v) is 10.2. The molecular weight excluding hydrogens is 196 g/mol. The summed E-state index contributed by atoms with van der Waals surface area (Å²) in [6.07, 6.45) is 1.14. The molecule has 0 atom stereocenters. The third-order valence-corrected chi connectivity index (χ3v) is 2.78. The summed E-state index contributed by atoms with van der Waals surface area (Å²) >= 11 is 0. The maximum absolute atomic E-state index is 4.66. The highest BCUT2D eigenvalue weighted by Gasteiger charge is 2.02. The van der Waals surface area contributed by atoms with Gasteiger partial charge in [0.1, 0.15) is 5.82 Å². The Morgan fingerprint density at radius 1 is 1.19 bits per heavy atom. The number of anilines is 1. The van der Waals surface area contributed by atoms with Crippen LogP contribution in [-0.4, -0.2) is 18.6 Å². The summed E-state index contributed by atoms with van der Waals surface area (Å²) in [5, 5.41) is 1.22. The molecule has 0 saturated heterocycles. The van der Waals surface area contributed by atoms with E-state index in [4.69, 9.17) is 0 Å². The highest BCUT2D eigenvalue weighted by molar-refractivity contribution is 5.81. The van der Waals surface area contributed by atoms with Crippen LogP contribution in [0.2, 0.25) is 0 Å². The van der Waals surface area contributed by atoms with E-state index in [1.54, 1.807) is 0 Å². The summed E-state index contributed by atoms with van der Waals surface area (Å²) in [6.45, 7) is 5.34. The second kappa shape index (κ2) is 4.52. The highest BCUT2D eigenvalue weighted by atomic mass is 15.2. The largest absolute Gasteiger partial charge is 0.360 e. The Bertz CT molecular complexity index is 491. The Morgan fingerprint density at radius 3 is 2.75 bits per heavy atom. The first-order valence-electron chi connectivity index (χ1n) is 5.79. The summed E-state index contributed by atoms with van der Waals surface area (Å²) in [5.74, 6) is 1.05. The van der Waals surface area contributed by atoms with Gasteiger partial charge >= 0.3 is 0 Å². The Kier molecular flexibility index (Phi) is 3.09. The van der Waals surface area contributed by atoms with Gasteiger partial charge in [-0.25, -0.2) is 4.98 Å². The number of hydrogen-bond donors (Lipinski definition) is 0. The van der Waals surface area contributed by atoms with Gasteiger partial charge in [-0.05, 0) is 37.6 Å². The first-order valence-corrected chi connectivity index (χ1v) is 5.79. The number of fused-ring (bicyclic) bond motifs is 1. The Balaban J connectivity index is 2.40. The molecule has 0 spiro atoms. The van der Waals surface area contributed by atoms with Crippen molar-refractivity contribution in [3.05, 3.63) is 35.9 Å². The molecule has 0 saturated carbocycles.